The maximum atomic E-state index is 12.5. The molecule has 0 aliphatic carbocycles. The van der Waals surface area contributed by atoms with Gasteiger partial charge in [-0.25, -0.2) is 4.68 Å². The standard InChI is InChI=1S/C10H13F2N5O/c11-10(12)17-8(1-3-14-17)7-13-9-2-4-16(15-9)5-6-18/h1-4,10,18H,5-7H2,(H,13,15). The molecular weight excluding hydrogens is 244 g/mol. The summed E-state index contributed by atoms with van der Waals surface area (Å²) in [6, 6.07) is 3.22. The van der Waals surface area contributed by atoms with Crippen molar-refractivity contribution in [3.05, 3.63) is 30.2 Å². The van der Waals surface area contributed by atoms with Gasteiger partial charge < -0.3 is 10.4 Å². The zero-order chi connectivity index (χ0) is 13.0. The molecule has 8 heteroatoms. The van der Waals surface area contributed by atoms with E-state index in [1.807, 2.05) is 0 Å². The van der Waals surface area contributed by atoms with Gasteiger partial charge in [-0.2, -0.15) is 19.0 Å². The van der Waals surface area contributed by atoms with Crippen molar-refractivity contribution in [3.8, 4) is 0 Å². The number of aromatic nitrogens is 4. The number of halogens is 2. The highest BCUT2D eigenvalue weighted by Crippen LogP contribution is 2.13. The van der Waals surface area contributed by atoms with Gasteiger partial charge in [0.1, 0.15) is 5.82 Å². The first kappa shape index (κ1) is 12.5. The van der Waals surface area contributed by atoms with Gasteiger partial charge in [-0.05, 0) is 6.07 Å². The van der Waals surface area contributed by atoms with Crippen molar-refractivity contribution in [2.45, 2.75) is 19.6 Å². The number of aliphatic hydroxyl groups excluding tert-OH is 1. The molecule has 0 fully saturated rings. The van der Waals surface area contributed by atoms with Crippen molar-refractivity contribution in [3.63, 3.8) is 0 Å². The molecule has 0 aromatic carbocycles. The van der Waals surface area contributed by atoms with Crippen molar-refractivity contribution in [2.75, 3.05) is 11.9 Å². The summed E-state index contributed by atoms with van der Waals surface area (Å²) < 4.78 is 27.2. The van der Waals surface area contributed by atoms with Crippen LogP contribution in [0.4, 0.5) is 14.6 Å². The predicted octanol–water partition coefficient (Wildman–Crippen LogP) is 1.08. The highest BCUT2D eigenvalue weighted by molar-refractivity contribution is 5.32. The van der Waals surface area contributed by atoms with Crippen LogP contribution in [0.1, 0.15) is 12.2 Å². The van der Waals surface area contributed by atoms with E-state index >= 15 is 0 Å². The SMILES string of the molecule is OCCn1ccc(NCc2ccnn2C(F)F)n1. The third-order valence-corrected chi connectivity index (χ3v) is 2.36. The minimum atomic E-state index is -2.65. The summed E-state index contributed by atoms with van der Waals surface area (Å²) in [5.41, 5.74) is 0.377. The molecule has 0 amide bonds. The lowest BCUT2D eigenvalue weighted by molar-refractivity contribution is 0.0537. The Bertz CT molecular complexity index is 496. The molecule has 2 N–H and O–H groups in total. The van der Waals surface area contributed by atoms with E-state index < -0.39 is 6.55 Å². The van der Waals surface area contributed by atoms with Crippen molar-refractivity contribution >= 4 is 5.82 Å². The van der Waals surface area contributed by atoms with E-state index in [1.54, 1.807) is 16.9 Å². The number of aliphatic hydroxyl groups is 1. The van der Waals surface area contributed by atoms with Gasteiger partial charge in [0.25, 0.3) is 0 Å². The Hall–Kier alpha value is -1.96. The first-order valence-electron chi connectivity index (χ1n) is 5.39. The normalized spacial score (nSPS) is 11.1. The monoisotopic (exact) mass is 257 g/mol. The van der Waals surface area contributed by atoms with Crippen LogP contribution < -0.4 is 5.32 Å². The van der Waals surface area contributed by atoms with Crippen molar-refractivity contribution in [1.29, 1.82) is 0 Å². The molecule has 0 aliphatic heterocycles. The van der Waals surface area contributed by atoms with Crippen molar-refractivity contribution < 1.29 is 13.9 Å². The minimum absolute atomic E-state index is 0.000721. The van der Waals surface area contributed by atoms with Gasteiger partial charge in [-0.1, -0.05) is 0 Å². The molecule has 2 aromatic rings. The van der Waals surface area contributed by atoms with E-state index in [4.69, 9.17) is 5.11 Å². The zero-order valence-electron chi connectivity index (χ0n) is 9.50. The summed E-state index contributed by atoms with van der Waals surface area (Å²) in [5.74, 6) is 0.561. The Kier molecular flexibility index (Phi) is 3.88. The van der Waals surface area contributed by atoms with Crippen LogP contribution in [0.3, 0.4) is 0 Å². The first-order valence-corrected chi connectivity index (χ1v) is 5.39. The molecule has 6 nitrogen and oxygen atoms in total. The molecule has 0 spiro atoms. The summed E-state index contributed by atoms with van der Waals surface area (Å²) in [6.07, 6.45) is 3.02. The van der Waals surface area contributed by atoms with Crippen molar-refractivity contribution in [2.24, 2.45) is 0 Å². The van der Waals surface area contributed by atoms with Gasteiger partial charge in [0.15, 0.2) is 0 Å². The van der Waals surface area contributed by atoms with Crippen LogP contribution in [0.15, 0.2) is 24.5 Å². The number of hydrogen-bond acceptors (Lipinski definition) is 4. The van der Waals surface area contributed by atoms with E-state index in [0.717, 1.165) is 0 Å². The lowest BCUT2D eigenvalue weighted by Gasteiger charge is -2.06. The van der Waals surface area contributed by atoms with E-state index in [9.17, 15) is 8.78 Å². The smallest absolute Gasteiger partial charge is 0.333 e. The lowest BCUT2D eigenvalue weighted by Crippen LogP contribution is -2.10. The van der Waals surface area contributed by atoms with Crippen LogP contribution in [0, 0.1) is 0 Å². The molecule has 2 heterocycles. The third kappa shape index (κ3) is 2.83. The highest BCUT2D eigenvalue weighted by atomic mass is 19.3. The van der Waals surface area contributed by atoms with E-state index in [1.165, 1.54) is 12.3 Å². The van der Waals surface area contributed by atoms with Gasteiger partial charge in [0.2, 0.25) is 0 Å². The molecule has 98 valence electrons. The molecule has 0 saturated heterocycles. The summed E-state index contributed by atoms with van der Waals surface area (Å²) in [5, 5.41) is 19.3. The quantitative estimate of drug-likeness (QED) is 0.812. The Morgan fingerprint density at radius 3 is 2.94 bits per heavy atom. The molecule has 18 heavy (non-hydrogen) atoms. The molecule has 0 radical (unpaired) electrons. The van der Waals surface area contributed by atoms with E-state index in [-0.39, 0.29) is 13.2 Å². The summed E-state index contributed by atoms with van der Waals surface area (Å²) in [4.78, 5) is 0. The van der Waals surface area contributed by atoms with Crippen LogP contribution in [-0.4, -0.2) is 31.3 Å². The average Bonchev–Trinajstić information content (AvgIpc) is 2.95. The van der Waals surface area contributed by atoms with Gasteiger partial charge >= 0.3 is 6.55 Å². The molecule has 0 unspecified atom stereocenters. The fraction of sp³-hybridized carbons (Fsp3) is 0.400. The molecule has 0 bridgehead atoms. The summed E-state index contributed by atoms with van der Waals surface area (Å²) in [6.45, 7) is -2.04. The molecule has 0 atom stereocenters. The largest absolute Gasteiger partial charge is 0.394 e. The molecule has 2 aromatic heterocycles. The lowest BCUT2D eigenvalue weighted by atomic mass is 10.4. The second-order valence-electron chi connectivity index (χ2n) is 3.59. The number of nitrogens with zero attached hydrogens (tertiary/aromatic N) is 4. The summed E-state index contributed by atoms with van der Waals surface area (Å²) >= 11 is 0. The number of nitrogens with one attached hydrogen (secondary N) is 1. The van der Waals surface area contributed by atoms with Crippen molar-refractivity contribution in [1.82, 2.24) is 19.6 Å². The summed E-state index contributed by atoms with van der Waals surface area (Å²) in [7, 11) is 0. The zero-order valence-corrected chi connectivity index (χ0v) is 9.50. The van der Waals surface area contributed by atoms with Crippen LogP contribution in [-0.2, 0) is 13.1 Å². The van der Waals surface area contributed by atoms with Gasteiger partial charge in [0, 0.05) is 18.5 Å². The van der Waals surface area contributed by atoms with Crippen LogP contribution in [0.2, 0.25) is 0 Å². The predicted molar refractivity (Wildman–Crippen MR) is 60.1 cm³/mol. The third-order valence-electron chi connectivity index (χ3n) is 2.36. The fourth-order valence-corrected chi connectivity index (χ4v) is 1.52. The fourth-order valence-electron chi connectivity index (χ4n) is 1.52. The van der Waals surface area contributed by atoms with Crippen LogP contribution in [0.25, 0.3) is 0 Å². The molecule has 0 saturated carbocycles. The number of rotatable bonds is 6. The van der Waals surface area contributed by atoms with Gasteiger partial charge in [0.05, 0.1) is 25.4 Å². The number of hydrogen-bond donors (Lipinski definition) is 2. The maximum Gasteiger partial charge on any atom is 0.333 e. The minimum Gasteiger partial charge on any atom is -0.394 e. The van der Waals surface area contributed by atoms with Crippen LogP contribution >= 0.6 is 0 Å². The van der Waals surface area contributed by atoms with Crippen LogP contribution in [0.5, 0.6) is 0 Å². The second kappa shape index (κ2) is 5.58. The molecule has 2 rings (SSSR count). The Balaban J connectivity index is 1.96. The number of alkyl halides is 2. The Morgan fingerprint density at radius 1 is 1.39 bits per heavy atom. The van der Waals surface area contributed by atoms with E-state index in [2.05, 4.69) is 15.5 Å². The van der Waals surface area contributed by atoms with Gasteiger partial charge in [-0.3, -0.25) is 4.68 Å². The van der Waals surface area contributed by atoms with E-state index in [0.29, 0.717) is 22.7 Å². The topological polar surface area (TPSA) is 67.9 Å². The molecular formula is C10H13F2N5O. The molecule has 0 aliphatic rings. The number of anilines is 1. The average molecular weight is 257 g/mol. The van der Waals surface area contributed by atoms with Gasteiger partial charge in [-0.15, -0.1) is 0 Å². The Labute approximate surface area is 102 Å². The second-order valence-corrected chi connectivity index (χ2v) is 3.59. The Morgan fingerprint density at radius 2 is 2.22 bits per heavy atom. The maximum absolute atomic E-state index is 12.5. The first-order chi connectivity index (χ1) is 8.70. The highest BCUT2D eigenvalue weighted by Gasteiger charge is 2.11.